The van der Waals surface area contributed by atoms with Crippen LogP contribution in [-0.4, -0.2) is 25.5 Å². The molecule has 2 heterocycles. The van der Waals surface area contributed by atoms with Gasteiger partial charge < -0.3 is 5.32 Å². The molecule has 0 unspecified atom stereocenters. The molecule has 0 aliphatic rings. The van der Waals surface area contributed by atoms with Crippen LogP contribution in [0.1, 0.15) is 32.9 Å². The lowest BCUT2D eigenvalue weighted by atomic mass is 10.1. The van der Waals surface area contributed by atoms with Crippen molar-refractivity contribution in [3.8, 4) is 5.69 Å². The number of amides is 1. The zero-order valence-electron chi connectivity index (χ0n) is 16.8. The number of aryl methyl sites for hydroxylation is 2. The maximum absolute atomic E-state index is 12.9. The summed E-state index contributed by atoms with van der Waals surface area (Å²) in [6.07, 6.45) is 1.87. The Labute approximate surface area is 169 Å². The van der Waals surface area contributed by atoms with Gasteiger partial charge >= 0.3 is 0 Å². The summed E-state index contributed by atoms with van der Waals surface area (Å²) in [5.41, 5.74) is 5.39. The van der Waals surface area contributed by atoms with Gasteiger partial charge in [-0.2, -0.15) is 10.2 Å². The van der Waals surface area contributed by atoms with E-state index in [0.717, 1.165) is 11.4 Å². The Balaban J connectivity index is 1.53. The maximum Gasteiger partial charge on any atom is 0.260 e. The largest absolute Gasteiger partial charge is 0.305 e. The van der Waals surface area contributed by atoms with Crippen LogP contribution in [0, 0.1) is 20.8 Å². The SMILES string of the molecule is Cc1ccccc1Cn1ccc(NC(=O)c2c(C)nn(-c3ccccc3)c2C)n1. The van der Waals surface area contributed by atoms with Crippen molar-refractivity contribution in [2.45, 2.75) is 27.3 Å². The second-order valence-electron chi connectivity index (χ2n) is 7.07. The molecule has 0 fully saturated rings. The lowest BCUT2D eigenvalue weighted by molar-refractivity contribution is 0.102. The monoisotopic (exact) mass is 385 g/mol. The van der Waals surface area contributed by atoms with Crippen molar-refractivity contribution in [3.05, 3.63) is 94.9 Å². The van der Waals surface area contributed by atoms with Gasteiger partial charge in [-0.3, -0.25) is 9.48 Å². The van der Waals surface area contributed by atoms with E-state index in [-0.39, 0.29) is 5.91 Å². The van der Waals surface area contributed by atoms with Crippen molar-refractivity contribution < 1.29 is 4.79 Å². The van der Waals surface area contributed by atoms with Gasteiger partial charge in [0.05, 0.1) is 29.2 Å². The number of aromatic nitrogens is 4. The number of carbonyl (C=O) groups excluding carboxylic acids is 1. The van der Waals surface area contributed by atoms with E-state index in [4.69, 9.17) is 0 Å². The Kier molecular flexibility index (Phi) is 4.99. The van der Waals surface area contributed by atoms with Gasteiger partial charge in [0.1, 0.15) is 0 Å². The Bertz CT molecular complexity index is 1160. The van der Waals surface area contributed by atoms with Gasteiger partial charge in [0, 0.05) is 12.3 Å². The Morgan fingerprint density at radius 3 is 2.41 bits per heavy atom. The average molecular weight is 385 g/mol. The first-order valence-corrected chi connectivity index (χ1v) is 9.54. The smallest absolute Gasteiger partial charge is 0.260 e. The number of hydrogen-bond acceptors (Lipinski definition) is 3. The normalized spacial score (nSPS) is 10.9. The number of rotatable bonds is 5. The number of para-hydroxylation sites is 1. The molecular formula is C23H23N5O. The first kappa shape index (κ1) is 18.7. The summed E-state index contributed by atoms with van der Waals surface area (Å²) >= 11 is 0. The summed E-state index contributed by atoms with van der Waals surface area (Å²) < 4.78 is 3.62. The standard InChI is InChI=1S/C23H23N5O/c1-16-9-7-8-10-19(16)15-27-14-13-21(26-27)24-23(29)22-17(2)25-28(18(22)3)20-11-5-4-6-12-20/h4-14H,15H2,1-3H3,(H,24,26,29). The fraction of sp³-hybridized carbons (Fsp3) is 0.174. The molecule has 2 aromatic heterocycles. The van der Waals surface area contributed by atoms with Crippen molar-refractivity contribution in [2.24, 2.45) is 0 Å². The van der Waals surface area contributed by atoms with E-state index in [1.165, 1.54) is 11.1 Å². The van der Waals surface area contributed by atoms with Crippen LogP contribution in [-0.2, 0) is 6.54 Å². The molecule has 6 nitrogen and oxygen atoms in total. The number of benzene rings is 2. The molecule has 0 aliphatic carbocycles. The van der Waals surface area contributed by atoms with Crippen LogP contribution in [0.2, 0.25) is 0 Å². The van der Waals surface area contributed by atoms with Crippen LogP contribution < -0.4 is 5.32 Å². The Hall–Kier alpha value is -3.67. The van der Waals surface area contributed by atoms with Gasteiger partial charge in [0.25, 0.3) is 5.91 Å². The van der Waals surface area contributed by atoms with Gasteiger partial charge in [0.2, 0.25) is 0 Å². The van der Waals surface area contributed by atoms with Gasteiger partial charge in [-0.25, -0.2) is 4.68 Å². The van der Waals surface area contributed by atoms with Crippen LogP contribution in [0.15, 0.2) is 66.9 Å². The van der Waals surface area contributed by atoms with Crippen LogP contribution in [0.4, 0.5) is 5.82 Å². The molecular weight excluding hydrogens is 362 g/mol. The molecule has 0 spiro atoms. The predicted octanol–water partition coefficient (Wildman–Crippen LogP) is 4.29. The summed E-state index contributed by atoms with van der Waals surface area (Å²) in [7, 11) is 0. The molecule has 0 saturated heterocycles. The number of nitrogens with one attached hydrogen (secondary N) is 1. The first-order chi connectivity index (χ1) is 14.0. The maximum atomic E-state index is 12.9. The molecule has 146 valence electrons. The summed E-state index contributed by atoms with van der Waals surface area (Å²) in [5, 5.41) is 11.9. The van der Waals surface area contributed by atoms with Crippen molar-refractivity contribution >= 4 is 11.7 Å². The summed E-state index contributed by atoms with van der Waals surface area (Å²) in [6.45, 7) is 6.49. The minimum atomic E-state index is -0.205. The third-order valence-electron chi connectivity index (χ3n) is 4.99. The Morgan fingerprint density at radius 1 is 0.931 bits per heavy atom. The molecule has 4 aromatic rings. The third-order valence-corrected chi connectivity index (χ3v) is 4.99. The lowest BCUT2D eigenvalue weighted by Gasteiger charge is -2.06. The van der Waals surface area contributed by atoms with E-state index >= 15 is 0 Å². The highest BCUT2D eigenvalue weighted by atomic mass is 16.1. The summed E-state index contributed by atoms with van der Waals surface area (Å²) in [6, 6.07) is 19.8. The van der Waals surface area contributed by atoms with E-state index in [1.54, 1.807) is 4.68 Å². The van der Waals surface area contributed by atoms with Gasteiger partial charge in [-0.1, -0.05) is 42.5 Å². The van der Waals surface area contributed by atoms with E-state index in [2.05, 4.69) is 34.6 Å². The van der Waals surface area contributed by atoms with Gasteiger partial charge in [-0.15, -0.1) is 0 Å². The van der Waals surface area contributed by atoms with Crippen molar-refractivity contribution in [2.75, 3.05) is 5.32 Å². The number of nitrogens with zero attached hydrogens (tertiary/aromatic N) is 4. The lowest BCUT2D eigenvalue weighted by Crippen LogP contribution is -2.15. The fourth-order valence-corrected chi connectivity index (χ4v) is 3.45. The second-order valence-corrected chi connectivity index (χ2v) is 7.07. The zero-order chi connectivity index (χ0) is 20.4. The highest BCUT2D eigenvalue weighted by molar-refractivity contribution is 6.05. The zero-order valence-corrected chi connectivity index (χ0v) is 16.8. The topological polar surface area (TPSA) is 64.7 Å². The highest BCUT2D eigenvalue weighted by Crippen LogP contribution is 2.19. The molecule has 0 radical (unpaired) electrons. The van der Waals surface area contributed by atoms with Gasteiger partial charge in [0.15, 0.2) is 5.82 Å². The number of anilines is 1. The Morgan fingerprint density at radius 2 is 1.66 bits per heavy atom. The molecule has 0 aliphatic heterocycles. The van der Waals surface area contributed by atoms with Crippen LogP contribution in [0.25, 0.3) is 5.69 Å². The number of hydrogen-bond donors (Lipinski definition) is 1. The third kappa shape index (κ3) is 3.82. The first-order valence-electron chi connectivity index (χ1n) is 9.54. The van der Waals surface area contributed by atoms with E-state index < -0.39 is 0 Å². The molecule has 0 atom stereocenters. The van der Waals surface area contributed by atoms with Crippen LogP contribution in [0.3, 0.4) is 0 Å². The number of carbonyl (C=O) groups is 1. The molecule has 29 heavy (non-hydrogen) atoms. The van der Waals surface area contributed by atoms with Crippen molar-refractivity contribution in [3.63, 3.8) is 0 Å². The molecule has 4 rings (SSSR count). The fourth-order valence-electron chi connectivity index (χ4n) is 3.45. The van der Waals surface area contributed by atoms with E-state index in [0.29, 0.717) is 23.6 Å². The molecule has 0 saturated carbocycles. The van der Waals surface area contributed by atoms with Crippen LogP contribution >= 0.6 is 0 Å². The summed E-state index contributed by atoms with van der Waals surface area (Å²) in [4.78, 5) is 12.9. The average Bonchev–Trinajstić information content (AvgIpc) is 3.27. The minimum Gasteiger partial charge on any atom is -0.305 e. The van der Waals surface area contributed by atoms with Crippen molar-refractivity contribution in [1.29, 1.82) is 0 Å². The minimum absolute atomic E-state index is 0.205. The molecule has 2 aromatic carbocycles. The molecule has 1 N–H and O–H groups in total. The van der Waals surface area contributed by atoms with Crippen molar-refractivity contribution in [1.82, 2.24) is 19.6 Å². The second kappa shape index (κ2) is 7.75. The van der Waals surface area contributed by atoms with Gasteiger partial charge in [-0.05, 0) is 44.0 Å². The van der Waals surface area contributed by atoms with Crippen LogP contribution in [0.5, 0.6) is 0 Å². The quantitative estimate of drug-likeness (QED) is 0.557. The molecule has 1 amide bonds. The highest BCUT2D eigenvalue weighted by Gasteiger charge is 2.20. The predicted molar refractivity (Wildman–Crippen MR) is 113 cm³/mol. The van der Waals surface area contributed by atoms with E-state index in [1.807, 2.05) is 73.3 Å². The molecule has 6 heteroatoms. The molecule has 0 bridgehead atoms. The summed E-state index contributed by atoms with van der Waals surface area (Å²) in [5.74, 6) is 0.318. The van der Waals surface area contributed by atoms with E-state index in [9.17, 15) is 4.79 Å².